The molecule has 1 aliphatic rings. The van der Waals surface area contributed by atoms with Crippen LogP contribution in [-0.4, -0.2) is 29.4 Å². The first-order chi connectivity index (χ1) is 11.0. The molecule has 116 valence electrons. The lowest BCUT2D eigenvalue weighted by Gasteiger charge is -2.05. The van der Waals surface area contributed by atoms with Gasteiger partial charge >= 0.3 is 11.9 Å². The molecule has 2 aromatic rings. The molecule has 1 aliphatic carbocycles. The van der Waals surface area contributed by atoms with Gasteiger partial charge in [0.25, 0.3) is 0 Å². The summed E-state index contributed by atoms with van der Waals surface area (Å²) in [7, 11) is 0. The van der Waals surface area contributed by atoms with E-state index in [4.69, 9.17) is 9.84 Å². The number of carbonyl (C=O) groups excluding carboxylic acids is 2. The number of carboxylic acids is 1. The third-order valence-electron chi connectivity index (χ3n) is 3.74. The van der Waals surface area contributed by atoms with Crippen molar-refractivity contribution < 1.29 is 24.2 Å². The Kier molecular flexibility index (Phi) is 3.70. The molecule has 2 aromatic carbocycles. The van der Waals surface area contributed by atoms with E-state index in [1.807, 2.05) is 6.92 Å². The largest absolute Gasteiger partial charge is 0.478 e. The molecule has 5 heteroatoms. The molecule has 0 amide bonds. The third-order valence-corrected chi connectivity index (χ3v) is 3.74. The molecule has 0 spiro atoms. The normalized spacial score (nSPS) is 11.8. The van der Waals surface area contributed by atoms with Gasteiger partial charge in [0.05, 0.1) is 17.7 Å². The van der Waals surface area contributed by atoms with Crippen molar-refractivity contribution in [1.82, 2.24) is 0 Å². The molecular weight excluding hydrogens is 296 g/mol. The third kappa shape index (κ3) is 2.50. The first kappa shape index (κ1) is 15.0. The van der Waals surface area contributed by atoms with Crippen LogP contribution in [-0.2, 0) is 4.74 Å². The summed E-state index contributed by atoms with van der Waals surface area (Å²) in [5.41, 5.74) is 2.51. The van der Waals surface area contributed by atoms with E-state index < -0.39 is 11.9 Å². The van der Waals surface area contributed by atoms with Crippen LogP contribution < -0.4 is 0 Å². The fourth-order valence-corrected chi connectivity index (χ4v) is 2.62. The molecular formula is C18H14O5. The van der Waals surface area contributed by atoms with E-state index in [0.29, 0.717) is 34.4 Å². The van der Waals surface area contributed by atoms with E-state index in [1.165, 1.54) is 18.2 Å². The highest BCUT2D eigenvalue weighted by atomic mass is 16.5. The number of aromatic carboxylic acids is 1. The van der Waals surface area contributed by atoms with Gasteiger partial charge in [0.1, 0.15) is 0 Å². The average Bonchev–Trinajstić information content (AvgIpc) is 2.84. The molecule has 0 radical (unpaired) electrons. The molecule has 0 unspecified atom stereocenters. The Morgan fingerprint density at radius 1 is 0.957 bits per heavy atom. The SMILES string of the molecule is CCCOC(=O)c1ccc2c(c1)C(=O)c1cc(C(=O)O)ccc1-2. The topological polar surface area (TPSA) is 80.7 Å². The summed E-state index contributed by atoms with van der Waals surface area (Å²) in [5.74, 6) is -1.83. The number of ketones is 1. The van der Waals surface area contributed by atoms with Crippen molar-refractivity contribution in [2.75, 3.05) is 6.61 Å². The summed E-state index contributed by atoms with van der Waals surface area (Å²) >= 11 is 0. The van der Waals surface area contributed by atoms with Crippen molar-refractivity contribution >= 4 is 17.7 Å². The maximum atomic E-state index is 12.5. The van der Waals surface area contributed by atoms with Gasteiger partial charge in [-0.05, 0) is 41.8 Å². The van der Waals surface area contributed by atoms with Gasteiger partial charge in [-0.3, -0.25) is 4.79 Å². The van der Waals surface area contributed by atoms with Crippen LogP contribution in [0.15, 0.2) is 36.4 Å². The Bertz CT molecular complexity index is 835. The molecule has 0 aromatic heterocycles. The Morgan fingerprint density at radius 2 is 1.52 bits per heavy atom. The van der Waals surface area contributed by atoms with Crippen LogP contribution >= 0.6 is 0 Å². The summed E-state index contributed by atoms with van der Waals surface area (Å²) < 4.78 is 5.07. The molecule has 5 nitrogen and oxygen atoms in total. The summed E-state index contributed by atoms with van der Waals surface area (Å²) in [6.07, 6.45) is 0.721. The first-order valence-corrected chi connectivity index (χ1v) is 7.26. The van der Waals surface area contributed by atoms with E-state index in [1.54, 1.807) is 18.2 Å². The zero-order chi connectivity index (χ0) is 16.6. The molecule has 0 saturated heterocycles. The van der Waals surface area contributed by atoms with E-state index in [0.717, 1.165) is 6.42 Å². The van der Waals surface area contributed by atoms with Gasteiger partial charge in [-0.25, -0.2) is 9.59 Å². The minimum Gasteiger partial charge on any atom is -0.478 e. The Hall–Kier alpha value is -2.95. The van der Waals surface area contributed by atoms with Gasteiger partial charge in [-0.2, -0.15) is 0 Å². The minimum absolute atomic E-state index is 0.0625. The average molecular weight is 310 g/mol. The predicted molar refractivity (Wildman–Crippen MR) is 82.8 cm³/mol. The molecule has 0 fully saturated rings. The number of hydrogen-bond donors (Lipinski definition) is 1. The molecule has 0 aliphatic heterocycles. The number of rotatable bonds is 4. The molecule has 0 heterocycles. The Balaban J connectivity index is 2.01. The number of benzene rings is 2. The number of carbonyl (C=O) groups is 3. The van der Waals surface area contributed by atoms with Crippen LogP contribution in [0.1, 0.15) is 50.0 Å². The molecule has 3 rings (SSSR count). The van der Waals surface area contributed by atoms with Gasteiger partial charge in [-0.15, -0.1) is 0 Å². The maximum Gasteiger partial charge on any atom is 0.338 e. The second kappa shape index (κ2) is 5.68. The van der Waals surface area contributed by atoms with Crippen molar-refractivity contribution in [3.63, 3.8) is 0 Å². The second-order valence-corrected chi connectivity index (χ2v) is 5.29. The fraction of sp³-hybridized carbons (Fsp3) is 0.167. The van der Waals surface area contributed by atoms with Crippen LogP contribution in [0.5, 0.6) is 0 Å². The molecule has 1 N–H and O–H groups in total. The minimum atomic E-state index is -1.08. The van der Waals surface area contributed by atoms with Crippen molar-refractivity contribution in [2.24, 2.45) is 0 Å². The predicted octanol–water partition coefficient (Wildman–Crippen LogP) is 3.16. The van der Waals surface area contributed by atoms with Crippen LogP contribution in [0.2, 0.25) is 0 Å². The lowest BCUT2D eigenvalue weighted by molar-refractivity contribution is 0.0504. The summed E-state index contributed by atoms with van der Waals surface area (Å²) in [6.45, 7) is 2.22. The molecule has 23 heavy (non-hydrogen) atoms. The van der Waals surface area contributed by atoms with Gasteiger partial charge in [-0.1, -0.05) is 19.1 Å². The van der Waals surface area contributed by atoms with Crippen molar-refractivity contribution in [1.29, 1.82) is 0 Å². The van der Waals surface area contributed by atoms with Crippen molar-refractivity contribution in [3.8, 4) is 11.1 Å². The second-order valence-electron chi connectivity index (χ2n) is 5.29. The number of fused-ring (bicyclic) bond motifs is 3. The van der Waals surface area contributed by atoms with Crippen LogP contribution in [0, 0.1) is 0 Å². The smallest absolute Gasteiger partial charge is 0.338 e. The molecule has 0 bridgehead atoms. The number of esters is 1. The van der Waals surface area contributed by atoms with Gasteiger partial charge in [0.15, 0.2) is 5.78 Å². The monoisotopic (exact) mass is 310 g/mol. The zero-order valence-electron chi connectivity index (χ0n) is 12.5. The molecule has 0 atom stereocenters. The number of ether oxygens (including phenoxy) is 1. The Labute approximate surface area is 132 Å². The van der Waals surface area contributed by atoms with Crippen molar-refractivity contribution in [3.05, 3.63) is 58.7 Å². The highest BCUT2D eigenvalue weighted by Gasteiger charge is 2.28. The van der Waals surface area contributed by atoms with Crippen LogP contribution in [0.4, 0.5) is 0 Å². The summed E-state index contributed by atoms with van der Waals surface area (Å²) in [5, 5.41) is 9.05. The van der Waals surface area contributed by atoms with Gasteiger partial charge < -0.3 is 9.84 Å². The standard InChI is InChI=1S/C18H14O5/c1-2-7-23-18(22)11-4-6-13-12-5-3-10(17(20)21)8-14(12)16(19)15(13)9-11/h3-6,8-9H,2,7H2,1H3,(H,20,21). The lowest BCUT2D eigenvalue weighted by Crippen LogP contribution is -2.07. The maximum absolute atomic E-state index is 12.5. The van der Waals surface area contributed by atoms with E-state index in [2.05, 4.69) is 0 Å². The number of hydrogen-bond acceptors (Lipinski definition) is 4. The van der Waals surface area contributed by atoms with E-state index in [9.17, 15) is 14.4 Å². The Morgan fingerprint density at radius 3 is 2.09 bits per heavy atom. The first-order valence-electron chi connectivity index (χ1n) is 7.26. The summed E-state index contributed by atoms with van der Waals surface area (Å²) in [6, 6.07) is 9.28. The van der Waals surface area contributed by atoms with Crippen LogP contribution in [0.25, 0.3) is 11.1 Å². The van der Waals surface area contributed by atoms with Gasteiger partial charge in [0.2, 0.25) is 0 Å². The fourth-order valence-electron chi connectivity index (χ4n) is 2.62. The zero-order valence-corrected chi connectivity index (χ0v) is 12.5. The quantitative estimate of drug-likeness (QED) is 0.749. The lowest BCUT2D eigenvalue weighted by atomic mass is 10.0. The van der Waals surface area contributed by atoms with Crippen molar-refractivity contribution in [2.45, 2.75) is 13.3 Å². The van der Waals surface area contributed by atoms with Crippen LogP contribution in [0.3, 0.4) is 0 Å². The van der Waals surface area contributed by atoms with Gasteiger partial charge in [0, 0.05) is 11.1 Å². The number of carboxylic acid groups (broad SMARTS) is 1. The summed E-state index contributed by atoms with van der Waals surface area (Å²) in [4.78, 5) is 35.5. The highest BCUT2D eigenvalue weighted by molar-refractivity contribution is 6.22. The van der Waals surface area contributed by atoms with E-state index in [-0.39, 0.29) is 11.3 Å². The van der Waals surface area contributed by atoms with E-state index >= 15 is 0 Å². The molecule has 0 saturated carbocycles. The highest BCUT2D eigenvalue weighted by Crippen LogP contribution is 2.37.